The zero-order valence-corrected chi connectivity index (χ0v) is 10.8. The molecule has 0 amide bonds. The Kier molecular flexibility index (Phi) is 2.28. The standard InChI is InChI=1S/C14H10N6O/c15-14-19-12-10(13(21)20-14)17-11(18-12)9-8-4-2-1-3-7(8)5-6-16-9/h1-6H,(H4,15,17,18,19,20,21). The average Bonchev–Trinajstić information content (AvgIpc) is 2.90. The quantitative estimate of drug-likeness (QED) is 0.487. The van der Waals surface area contributed by atoms with Crippen molar-refractivity contribution in [2.75, 3.05) is 5.73 Å². The molecule has 0 spiro atoms. The molecule has 3 aromatic heterocycles. The molecule has 102 valence electrons. The summed E-state index contributed by atoms with van der Waals surface area (Å²) < 4.78 is 0. The molecule has 21 heavy (non-hydrogen) atoms. The Bertz CT molecular complexity index is 1030. The van der Waals surface area contributed by atoms with Crippen LogP contribution in [0.4, 0.5) is 5.95 Å². The third-order valence-corrected chi connectivity index (χ3v) is 3.28. The van der Waals surface area contributed by atoms with Crippen LogP contribution >= 0.6 is 0 Å². The zero-order chi connectivity index (χ0) is 14.4. The van der Waals surface area contributed by atoms with E-state index in [0.29, 0.717) is 11.5 Å². The number of benzene rings is 1. The van der Waals surface area contributed by atoms with Crippen molar-refractivity contribution < 1.29 is 0 Å². The second-order valence-electron chi connectivity index (χ2n) is 4.62. The molecule has 4 rings (SSSR count). The summed E-state index contributed by atoms with van der Waals surface area (Å²) in [6.07, 6.45) is 1.71. The number of nitrogens with zero attached hydrogens (tertiary/aromatic N) is 3. The van der Waals surface area contributed by atoms with E-state index in [9.17, 15) is 4.79 Å². The summed E-state index contributed by atoms with van der Waals surface area (Å²) >= 11 is 0. The molecule has 7 heteroatoms. The van der Waals surface area contributed by atoms with Gasteiger partial charge in [0.1, 0.15) is 5.69 Å². The van der Waals surface area contributed by atoms with E-state index in [4.69, 9.17) is 5.73 Å². The Morgan fingerprint density at radius 3 is 2.81 bits per heavy atom. The van der Waals surface area contributed by atoms with Gasteiger partial charge in [-0.1, -0.05) is 24.3 Å². The van der Waals surface area contributed by atoms with Crippen molar-refractivity contribution >= 4 is 27.9 Å². The first-order chi connectivity index (χ1) is 10.2. The van der Waals surface area contributed by atoms with Crippen LogP contribution in [0.15, 0.2) is 41.3 Å². The van der Waals surface area contributed by atoms with Gasteiger partial charge in [0.05, 0.1) is 0 Å². The van der Waals surface area contributed by atoms with Gasteiger partial charge in [0.15, 0.2) is 17.0 Å². The molecule has 0 unspecified atom stereocenters. The number of H-pyrrole nitrogens is 2. The number of pyridine rings is 1. The third-order valence-electron chi connectivity index (χ3n) is 3.28. The molecule has 0 aliphatic rings. The van der Waals surface area contributed by atoms with E-state index in [1.807, 2.05) is 30.3 Å². The number of nitrogens with two attached hydrogens (primary N) is 1. The SMILES string of the molecule is Nc1nc2nc(-c3nccc4ccccc34)[nH]c2c(=O)[nH]1. The van der Waals surface area contributed by atoms with Gasteiger partial charge < -0.3 is 10.7 Å². The molecule has 0 saturated heterocycles. The first-order valence-corrected chi connectivity index (χ1v) is 6.32. The predicted octanol–water partition coefficient (Wildman–Crippen LogP) is 1.44. The highest BCUT2D eigenvalue weighted by atomic mass is 16.1. The van der Waals surface area contributed by atoms with Gasteiger partial charge in [0, 0.05) is 11.6 Å². The Morgan fingerprint density at radius 1 is 1.05 bits per heavy atom. The maximum Gasteiger partial charge on any atom is 0.278 e. The van der Waals surface area contributed by atoms with Crippen molar-refractivity contribution in [1.82, 2.24) is 24.9 Å². The van der Waals surface area contributed by atoms with Crippen molar-refractivity contribution in [3.8, 4) is 11.5 Å². The van der Waals surface area contributed by atoms with Gasteiger partial charge in [0.25, 0.3) is 5.56 Å². The Labute approximate surface area is 117 Å². The number of aromatic nitrogens is 5. The maximum absolute atomic E-state index is 11.8. The van der Waals surface area contributed by atoms with Gasteiger partial charge in [0.2, 0.25) is 5.95 Å². The Hall–Kier alpha value is -3.22. The highest BCUT2D eigenvalue weighted by Crippen LogP contribution is 2.24. The van der Waals surface area contributed by atoms with Gasteiger partial charge in [-0.25, -0.2) is 4.98 Å². The summed E-state index contributed by atoms with van der Waals surface area (Å²) in [6, 6.07) is 9.75. The molecule has 1 aromatic carbocycles. The predicted molar refractivity (Wildman–Crippen MR) is 79.7 cm³/mol. The summed E-state index contributed by atoms with van der Waals surface area (Å²) in [5.74, 6) is 0.529. The minimum atomic E-state index is -0.350. The lowest BCUT2D eigenvalue weighted by Crippen LogP contribution is -2.10. The molecular formula is C14H10N6O. The number of nitrogens with one attached hydrogen (secondary N) is 2. The largest absolute Gasteiger partial charge is 0.369 e. The molecule has 0 aliphatic heterocycles. The number of anilines is 1. The number of nitrogen functional groups attached to an aromatic ring is 1. The van der Waals surface area contributed by atoms with Gasteiger partial charge in [-0.2, -0.15) is 4.98 Å². The smallest absolute Gasteiger partial charge is 0.278 e. The molecule has 7 nitrogen and oxygen atoms in total. The fourth-order valence-electron chi connectivity index (χ4n) is 2.34. The molecule has 0 saturated carbocycles. The number of fused-ring (bicyclic) bond motifs is 2. The van der Waals surface area contributed by atoms with Gasteiger partial charge >= 0.3 is 0 Å². The van der Waals surface area contributed by atoms with E-state index in [1.54, 1.807) is 6.20 Å². The van der Waals surface area contributed by atoms with Crippen LogP contribution in [0.1, 0.15) is 0 Å². The number of hydrogen-bond acceptors (Lipinski definition) is 5. The van der Waals surface area contributed by atoms with Gasteiger partial charge in [-0.15, -0.1) is 0 Å². The van der Waals surface area contributed by atoms with E-state index in [-0.39, 0.29) is 22.7 Å². The van der Waals surface area contributed by atoms with E-state index < -0.39 is 0 Å². The van der Waals surface area contributed by atoms with Gasteiger partial charge in [-0.05, 0) is 11.5 Å². The van der Waals surface area contributed by atoms with E-state index >= 15 is 0 Å². The third kappa shape index (κ3) is 1.75. The lowest BCUT2D eigenvalue weighted by atomic mass is 10.1. The summed E-state index contributed by atoms with van der Waals surface area (Å²) in [4.78, 5) is 29.9. The average molecular weight is 278 g/mol. The molecule has 3 heterocycles. The Balaban J connectivity index is 2.05. The molecule has 4 aromatic rings. The molecule has 0 radical (unpaired) electrons. The summed E-state index contributed by atoms with van der Waals surface area (Å²) in [5.41, 5.74) is 6.41. The highest BCUT2D eigenvalue weighted by Gasteiger charge is 2.13. The van der Waals surface area contributed by atoms with Crippen molar-refractivity contribution in [1.29, 1.82) is 0 Å². The van der Waals surface area contributed by atoms with Crippen molar-refractivity contribution in [2.24, 2.45) is 0 Å². The monoisotopic (exact) mass is 278 g/mol. The van der Waals surface area contributed by atoms with Crippen LogP contribution in [0.25, 0.3) is 33.5 Å². The highest BCUT2D eigenvalue weighted by molar-refractivity contribution is 5.94. The second-order valence-corrected chi connectivity index (χ2v) is 4.62. The van der Waals surface area contributed by atoms with E-state index in [1.165, 1.54) is 0 Å². The molecule has 4 N–H and O–H groups in total. The summed E-state index contributed by atoms with van der Waals surface area (Å²) in [7, 11) is 0. The first kappa shape index (κ1) is 11.6. The van der Waals surface area contributed by atoms with Crippen LogP contribution in [-0.2, 0) is 0 Å². The lowest BCUT2D eigenvalue weighted by molar-refractivity contribution is 1.17. The summed E-state index contributed by atoms with van der Waals surface area (Å²) in [5, 5.41) is 1.99. The van der Waals surface area contributed by atoms with Crippen LogP contribution in [0, 0.1) is 0 Å². The fraction of sp³-hybridized carbons (Fsp3) is 0. The summed E-state index contributed by atoms with van der Waals surface area (Å²) in [6.45, 7) is 0. The number of aromatic amines is 2. The number of hydrogen-bond donors (Lipinski definition) is 3. The van der Waals surface area contributed by atoms with E-state index in [2.05, 4.69) is 24.9 Å². The maximum atomic E-state index is 11.8. The van der Waals surface area contributed by atoms with Crippen LogP contribution in [0.5, 0.6) is 0 Å². The van der Waals surface area contributed by atoms with Crippen LogP contribution in [0.3, 0.4) is 0 Å². The van der Waals surface area contributed by atoms with Crippen LogP contribution in [-0.4, -0.2) is 24.9 Å². The molecule has 0 aliphatic carbocycles. The Morgan fingerprint density at radius 2 is 1.90 bits per heavy atom. The normalized spacial score (nSPS) is 11.2. The minimum absolute atomic E-state index is 0.0384. The van der Waals surface area contributed by atoms with Gasteiger partial charge in [-0.3, -0.25) is 14.8 Å². The molecular weight excluding hydrogens is 268 g/mol. The molecule has 0 bridgehead atoms. The van der Waals surface area contributed by atoms with E-state index in [0.717, 1.165) is 10.8 Å². The number of rotatable bonds is 1. The second kappa shape index (κ2) is 4.14. The van der Waals surface area contributed by atoms with Crippen LogP contribution in [0.2, 0.25) is 0 Å². The molecule has 0 atom stereocenters. The minimum Gasteiger partial charge on any atom is -0.369 e. The lowest BCUT2D eigenvalue weighted by Gasteiger charge is -2.01. The first-order valence-electron chi connectivity index (χ1n) is 6.32. The topological polar surface area (TPSA) is 113 Å². The van der Waals surface area contributed by atoms with Crippen LogP contribution < -0.4 is 11.3 Å². The van der Waals surface area contributed by atoms with Crippen molar-refractivity contribution in [3.63, 3.8) is 0 Å². The molecule has 0 fully saturated rings. The fourth-order valence-corrected chi connectivity index (χ4v) is 2.34. The zero-order valence-electron chi connectivity index (χ0n) is 10.8. The van der Waals surface area contributed by atoms with Crippen molar-refractivity contribution in [3.05, 3.63) is 46.9 Å². The number of imidazole rings is 1. The van der Waals surface area contributed by atoms with Crippen molar-refractivity contribution in [2.45, 2.75) is 0 Å².